The molecule has 0 saturated carbocycles. The number of hydrogen-bond acceptors (Lipinski definition) is 8. The maximum Gasteiger partial charge on any atom is 0.227 e. The molecule has 10 heteroatoms. The van der Waals surface area contributed by atoms with Crippen molar-refractivity contribution in [3.63, 3.8) is 0 Å². The minimum absolute atomic E-state index is 0.126. The molecule has 0 fully saturated rings. The van der Waals surface area contributed by atoms with Crippen molar-refractivity contribution < 1.29 is 28.5 Å². The van der Waals surface area contributed by atoms with Crippen molar-refractivity contribution in [2.45, 2.75) is 58.5 Å². The number of pyridine rings is 1. The van der Waals surface area contributed by atoms with E-state index in [2.05, 4.69) is 29.6 Å². The second-order valence-electron chi connectivity index (χ2n) is 9.33. The number of halogens is 1. The fourth-order valence-corrected chi connectivity index (χ4v) is 4.09. The van der Waals surface area contributed by atoms with Gasteiger partial charge in [-0.3, -0.25) is 4.79 Å². The predicted molar refractivity (Wildman–Crippen MR) is 139 cm³/mol. The van der Waals surface area contributed by atoms with Crippen LogP contribution in [0.25, 0.3) is 0 Å². The lowest BCUT2D eigenvalue weighted by Crippen LogP contribution is -2.23. The van der Waals surface area contributed by atoms with Gasteiger partial charge in [-0.25, -0.2) is 0 Å². The second-order valence-corrected chi connectivity index (χ2v) is 15.4. The molecule has 0 radical (unpaired) electrons. The third-order valence-corrected chi connectivity index (χ3v) is 7.58. The number of aldehydes is 2. The fourth-order valence-electron chi connectivity index (χ4n) is 3.17. The summed E-state index contributed by atoms with van der Waals surface area (Å²) in [5.41, 5.74) is 1.10. The minimum Gasteiger partial charge on any atom is -0.483 e. The predicted octanol–water partition coefficient (Wildman–Crippen LogP) is 5.40. The highest BCUT2D eigenvalue weighted by Crippen LogP contribution is 2.26. The maximum atomic E-state index is 11.4. The molecule has 2 rings (SSSR count). The number of allylic oxidation sites excluding steroid dienone is 2. The van der Waals surface area contributed by atoms with Crippen molar-refractivity contribution in [2.75, 3.05) is 20.3 Å². The van der Waals surface area contributed by atoms with Gasteiger partial charge in [-0.1, -0.05) is 38.2 Å². The van der Waals surface area contributed by atoms with Gasteiger partial charge in [0.1, 0.15) is 19.0 Å². The zero-order valence-electron chi connectivity index (χ0n) is 21.3. The van der Waals surface area contributed by atoms with Crippen LogP contribution in [-0.2, 0) is 14.3 Å². The Morgan fingerprint density at radius 1 is 1.26 bits per heavy atom. The molecule has 192 valence electrons. The summed E-state index contributed by atoms with van der Waals surface area (Å²) in [6, 6.07) is 4.19. The Balaban J connectivity index is 2.12. The lowest BCUT2D eigenvalue weighted by Gasteiger charge is -2.23. The van der Waals surface area contributed by atoms with Gasteiger partial charge in [0.25, 0.3) is 0 Å². The lowest BCUT2D eigenvalue weighted by atomic mass is 10.1. The standard InChI is InChI=1S/C25H35ClN2O6Si/c1-7-21(26)20(17(2)34-23-11-9-18(14-29)24(28-23)31-3)16-33-22-10-8-19(15-30)25(27-22)32-12-13-35(4,5)6/h8,10-11,14-15,17-18H,7,9,12-13,16H2,1-6H3/b21-20+/t17-,18?/m1/s1. The smallest absolute Gasteiger partial charge is 0.227 e. The van der Waals surface area contributed by atoms with Gasteiger partial charge in [0.15, 0.2) is 6.29 Å². The second kappa shape index (κ2) is 13.4. The number of aliphatic imine (C=N–C) groups is 1. The molecule has 35 heavy (non-hydrogen) atoms. The molecule has 1 aliphatic heterocycles. The molecule has 8 nitrogen and oxygen atoms in total. The first-order chi connectivity index (χ1) is 16.6. The van der Waals surface area contributed by atoms with Gasteiger partial charge in [0.05, 0.1) is 25.2 Å². The highest BCUT2D eigenvalue weighted by Gasteiger charge is 2.23. The summed E-state index contributed by atoms with van der Waals surface area (Å²) in [7, 11) is 0.184. The van der Waals surface area contributed by atoms with Crippen molar-refractivity contribution in [1.82, 2.24) is 4.98 Å². The molecule has 0 N–H and O–H groups in total. The summed E-state index contributed by atoms with van der Waals surface area (Å²) in [4.78, 5) is 31.3. The molecule has 0 spiro atoms. The Morgan fingerprint density at radius 3 is 2.60 bits per heavy atom. The third-order valence-electron chi connectivity index (χ3n) is 5.36. The Kier molecular flexibility index (Phi) is 11.0. The van der Waals surface area contributed by atoms with Crippen LogP contribution in [0.5, 0.6) is 11.8 Å². The van der Waals surface area contributed by atoms with E-state index < -0.39 is 20.1 Å². The van der Waals surface area contributed by atoms with Gasteiger partial charge in [-0.2, -0.15) is 9.98 Å². The number of carbonyl (C=O) groups excluding carboxylic acids is 2. The zero-order chi connectivity index (χ0) is 26.0. The van der Waals surface area contributed by atoms with Crippen molar-refractivity contribution in [3.05, 3.63) is 40.3 Å². The molecule has 2 heterocycles. The largest absolute Gasteiger partial charge is 0.483 e. The number of ether oxygens (including phenoxy) is 4. The Labute approximate surface area is 213 Å². The summed E-state index contributed by atoms with van der Waals surface area (Å²) in [6.07, 6.45) is 3.86. The maximum absolute atomic E-state index is 11.4. The van der Waals surface area contributed by atoms with Crippen LogP contribution in [-0.4, -0.2) is 58.0 Å². The first-order valence-electron chi connectivity index (χ1n) is 11.7. The molecule has 0 amide bonds. The van der Waals surface area contributed by atoms with Gasteiger partial charge in [-0.05, 0) is 38.0 Å². The van der Waals surface area contributed by atoms with E-state index in [1.807, 2.05) is 13.8 Å². The van der Waals surface area contributed by atoms with Gasteiger partial charge < -0.3 is 23.7 Å². The SMILES string of the molecule is CC/C(Cl)=C(/COc1ccc(C=O)c(OCC[Si](C)(C)C)n1)[C@@H](C)OC1=CCC(C=O)C(OC)=N1. The van der Waals surface area contributed by atoms with Gasteiger partial charge in [-0.15, -0.1) is 0 Å². The molecule has 0 saturated heterocycles. The highest BCUT2D eigenvalue weighted by molar-refractivity contribution is 6.76. The quantitative estimate of drug-likeness (QED) is 0.252. The van der Waals surface area contributed by atoms with Gasteiger partial charge in [0, 0.05) is 24.7 Å². The Morgan fingerprint density at radius 2 is 2.00 bits per heavy atom. The first-order valence-corrected chi connectivity index (χ1v) is 15.7. The van der Waals surface area contributed by atoms with Crippen molar-refractivity contribution in [3.8, 4) is 11.8 Å². The topological polar surface area (TPSA) is 96.3 Å². The molecule has 0 bridgehead atoms. The average Bonchev–Trinajstić information content (AvgIpc) is 2.83. The van der Waals surface area contributed by atoms with Crippen LogP contribution in [0.2, 0.25) is 25.7 Å². The summed E-state index contributed by atoms with van der Waals surface area (Å²) in [5, 5.41) is 0.603. The summed E-state index contributed by atoms with van der Waals surface area (Å²) in [6.45, 7) is 11.2. The summed E-state index contributed by atoms with van der Waals surface area (Å²) < 4.78 is 22.9. The molecule has 2 atom stereocenters. The summed E-state index contributed by atoms with van der Waals surface area (Å²) in [5.74, 6) is 0.828. The van der Waals surface area contributed by atoms with E-state index in [1.165, 1.54) is 7.11 Å². The number of methoxy groups -OCH3 is 1. The molecule has 1 unspecified atom stereocenters. The normalized spacial score (nSPS) is 17.4. The lowest BCUT2D eigenvalue weighted by molar-refractivity contribution is -0.109. The minimum atomic E-state index is -1.29. The van der Waals surface area contributed by atoms with Crippen molar-refractivity contribution in [1.29, 1.82) is 0 Å². The molecule has 1 aromatic rings. The van der Waals surface area contributed by atoms with Crippen LogP contribution in [0.15, 0.2) is 39.7 Å². The van der Waals surface area contributed by atoms with E-state index in [0.29, 0.717) is 47.7 Å². The van der Waals surface area contributed by atoms with E-state index in [-0.39, 0.29) is 12.5 Å². The molecular formula is C25H35ClN2O6Si. The van der Waals surface area contributed by atoms with Crippen LogP contribution in [0.1, 0.15) is 37.0 Å². The van der Waals surface area contributed by atoms with Gasteiger partial charge in [0.2, 0.25) is 23.5 Å². The van der Waals surface area contributed by atoms with E-state index in [9.17, 15) is 9.59 Å². The number of nitrogens with zero attached hydrogens (tertiary/aromatic N) is 2. The number of aromatic nitrogens is 1. The van der Waals surface area contributed by atoms with Crippen LogP contribution in [0.4, 0.5) is 0 Å². The highest BCUT2D eigenvalue weighted by atomic mass is 35.5. The van der Waals surface area contributed by atoms with E-state index in [4.69, 9.17) is 30.5 Å². The van der Waals surface area contributed by atoms with E-state index >= 15 is 0 Å². The third kappa shape index (κ3) is 8.81. The Bertz CT molecular complexity index is 987. The van der Waals surface area contributed by atoms with Gasteiger partial charge >= 0.3 is 0 Å². The van der Waals surface area contributed by atoms with Crippen LogP contribution in [0.3, 0.4) is 0 Å². The van der Waals surface area contributed by atoms with Crippen LogP contribution >= 0.6 is 11.6 Å². The monoisotopic (exact) mass is 522 g/mol. The Hall–Kier alpha value is -2.65. The first kappa shape index (κ1) is 28.6. The van der Waals surface area contributed by atoms with Crippen LogP contribution < -0.4 is 9.47 Å². The van der Waals surface area contributed by atoms with E-state index in [1.54, 1.807) is 18.2 Å². The van der Waals surface area contributed by atoms with Crippen LogP contribution in [0, 0.1) is 5.92 Å². The van der Waals surface area contributed by atoms with E-state index in [0.717, 1.165) is 24.2 Å². The van der Waals surface area contributed by atoms with Crippen molar-refractivity contribution >= 4 is 38.1 Å². The molecule has 1 aliphatic rings. The number of carbonyl (C=O) groups is 2. The van der Waals surface area contributed by atoms with Crippen molar-refractivity contribution in [2.24, 2.45) is 10.9 Å². The number of hydrogen-bond donors (Lipinski definition) is 0. The molecule has 0 aliphatic carbocycles. The summed E-state index contributed by atoms with van der Waals surface area (Å²) >= 11 is 6.51. The molecule has 0 aromatic carbocycles. The average molecular weight is 523 g/mol. The fraction of sp³-hybridized carbons (Fsp3) is 0.520. The molecular weight excluding hydrogens is 488 g/mol. The zero-order valence-corrected chi connectivity index (χ0v) is 23.1. The number of rotatable bonds is 13. The molecule has 1 aromatic heterocycles.